The fourth-order valence-electron chi connectivity index (χ4n) is 1.22. The number of hydrogen-bond acceptors (Lipinski definition) is 3. The minimum Gasteiger partial charge on any atom is -0.304 e. The molecule has 16 heavy (non-hydrogen) atoms. The van der Waals surface area contributed by atoms with Crippen LogP contribution < -0.4 is 5.32 Å². The maximum absolute atomic E-state index is 11.8. The summed E-state index contributed by atoms with van der Waals surface area (Å²) in [5.41, 5.74) is 0. The van der Waals surface area contributed by atoms with Crippen LogP contribution in [0.5, 0.6) is 0 Å². The van der Waals surface area contributed by atoms with E-state index < -0.39 is 0 Å². The summed E-state index contributed by atoms with van der Waals surface area (Å²) in [7, 11) is 0. The lowest BCUT2D eigenvalue weighted by Crippen LogP contribution is -2.11. The Morgan fingerprint density at radius 3 is 2.94 bits per heavy atom. The van der Waals surface area contributed by atoms with Crippen molar-refractivity contribution in [2.75, 3.05) is 5.32 Å². The Balaban J connectivity index is 2.07. The SMILES string of the molecule is CCn1ccc(NC(=O)c2ccc(Br)s2)n1. The summed E-state index contributed by atoms with van der Waals surface area (Å²) in [5, 5.41) is 6.92. The van der Waals surface area contributed by atoms with Gasteiger partial charge >= 0.3 is 0 Å². The highest BCUT2D eigenvalue weighted by atomic mass is 79.9. The third-order valence-corrected chi connectivity index (χ3v) is 3.63. The number of carbonyl (C=O) groups excluding carboxylic acids is 1. The first kappa shape index (κ1) is 11.3. The van der Waals surface area contributed by atoms with E-state index in [1.54, 1.807) is 16.8 Å². The first-order chi connectivity index (χ1) is 7.69. The van der Waals surface area contributed by atoms with E-state index in [9.17, 15) is 4.79 Å². The van der Waals surface area contributed by atoms with E-state index in [0.717, 1.165) is 10.3 Å². The van der Waals surface area contributed by atoms with Gasteiger partial charge in [0.05, 0.1) is 8.66 Å². The second-order valence-electron chi connectivity index (χ2n) is 3.11. The smallest absolute Gasteiger partial charge is 0.266 e. The lowest BCUT2D eigenvalue weighted by atomic mass is 10.4. The van der Waals surface area contributed by atoms with Crippen molar-refractivity contribution in [3.8, 4) is 0 Å². The van der Waals surface area contributed by atoms with Crippen LogP contribution in [0.1, 0.15) is 16.6 Å². The fraction of sp³-hybridized carbons (Fsp3) is 0.200. The molecule has 0 atom stereocenters. The number of nitrogens with one attached hydrogen (secondary N) is 1. The van der Waals surface area contributed by atoms with E-state index in [2.05, 4.69) is 26.3 Å². The number of halogens is 1. The maximum atomic E-state index is 11.8. The molecule has 0 bridgehead atoms. The van der Waals surface area contributed by atoms with Crippen LogP contribution in [0.3, 0.4) is 0 Å². The standard InChI is InChI=1S/C10H10BrN3OS/c1-2-14-6-5-9(13-14)12-10(15)7-3-4-8(11)16-7/h3-6H,2H2,1H3,(H,12,13,15). The number of nitrogens with zero attached hydrogens (tertiary/aromatic N) is 2. The topological polar surface area (TPSA) is 46.9 Å². The van der Waals surface area contributed by atoms with Crippen molar-refractivity contribution >= 4 is 39.0 Å². The lowest BCUT2D eigenvalue weighted by molar-refractivity contribution is 0.103. The largest absolute Gasteiger partial charge is 0.304 e. The van der Waals surface area contributed by atoms with Gasteiger partial charge in [-0.05, 0) is 35.0 Å². The van der Waals surface area contributed by atoms with Gasteiger partial charge in [0, 0.05) is 18.8 Å². The number of carbonyl (C=O) groups is 1. The highest BCUT2D eigenvalue weighted by molar-refractivity contribution is 9.11. The molecule has 0 radical (unpaired) electrons. The van der Waals surface area contributed by atoms with E-state index in [1.165, 1.54) is 11.3 Å². The quantitative estimate of drug-likeness (QED) is 0.947. The highest BCUT2D eigenvalue weighted by Gasteiger charge is 2.09. The third-order valence-electron chi connectivity index (χ3n) is 2.00. The van der Waals surface area contributed by atoms with Gasteiger partial charge in [-0.15, -0.1) is 11.3 Å². The van der Waals surface area contributed by atoms with Crippen LogP contribution in [0.4, 0.5) is 5.82 Å². The predicted octanol–water partition coefficient (Wildman–Crippen LogP) is 2.98. The molecule has 1 amide bonds. The Kier molecular flexibility index (Phi) is 3.40. The molecule has 1 N–H and O–H groups in total. The molecule has 2 aromatic heterocycles. The minimum absolute atomic E-state index is 0.128. The minimum atomic E-state index is -0.128. The third kappa shape index (κ3) is 2.51. The number of anilines is 1. The van der Waals surface area contributed by atoms with Gasteiger partial charge in [0.25, 0.3) is 5.91 Å². The Morgan fingerprint density at radius 1 is 1.56 bits per heavy atom. The molecule has 0 unspecified atom stereocenters. The molecule has 2 aromatic rings. The van der Waals surface area contributed by atoms with E-state index in [0.29, 0.717) is 10.7 Å². The summed E-state index contributed by atoms with van der Waals surface area (Å²) in [6.07, 6.45) is 1.83. The monoisotopic (exact) mass is 299 g/mol. The summed E-state index contributed by atoms with van der Waals surface area (Å²) in [5.74, 6) is 0.452. The van der Waals surface area contributed by atoms with Crippen LogP contribution in [0.25, 0.3) is 0 Å². The number of aromatic nitrogens is 2. The number of hydrogen-bond donors (Lipinski definition) is 1. The molecule has 6 heteroatoms. The van der Waals surface area contributed by atoms with E-state index in [-0.39, 0.29) is 5.91 Å². The molecule has 2 rings (SSSR count). The molecule has 0 aliphatic rings. The molecule has 0 saturated heterocycles. The molecule has 0 saturated carbocycles. The summed E-state index contributed by atoms with van der Waals surface area (Å²) < 4.78 is 2.71. The zero-order chi connectivity index (χ0) is 11.5. The Morgan fingerprint density at radius 2 is 2.38 bits per heavy atom. The molecule has 0 aliphatic heterocycles. The maximum Gasteiger partial charge on any atom is 0.266 e. The van der Waals surface area contributed by atoms with Gasteiger partial charge in [-0.25, -0.2) is 0 Å². The number of thiophene rings is 1. The molecule has 0 aliphatic carbocycles. The molecule has 0 spiro atoms. The van der Waals surface area contributed by atoms with Crippen molar-refractivity contribution < 1.29 is 4.79 Å². The average Bonchev–Trinajstić information content (AvgIpc) is 2.87. The zero-order valence-electron chi connectivity index (χ0n) is 8.61. The predicted molar refractivity (Wildman–Crippen MR) is 67.9 cm³/mol. The number of aryl methyl sites for hydroxylation is 1. The summed E-state index contributed by atoms with van der Waals surface area (Å²) in [4.78, 5) is 12.4. The van der Waals surface area contributed by atoms with Crippen LogP contribution >= 0.6 is 27.3 Å². The van der Waals surface area contributed by atoms with Crippen LogP contribution in [-0.4, -0.2) is 15.7 Å². The van der Waals surface area contributed by atoms with Crippen LogP contribution in [-0.2, 0) is 6.54 Å². The van der Waals surface area contributed by atoms with Gasteiger partial charge in [-0.3, -0.25) is 9.48 Å². The molecule has 0 fully saturated rings. The lowest BCUT2D eigenvalue weighted by Gasteiger charge is -1.98. The second kappa shape index (κ2) is 4.80. The van der Waals surface area contributed by atoms with Crippen molar-refractivity contribution in [3.63, 3.8) is 0 Å². The molecule has 2 heterocycles. The van der Waals surface area contributed by atoms with E-state index >= 15 is 0 Å². The number of rotatable bonds is 3. The van der Waals surface area contributed by atoms with Gasteiger partial charge in [0.15, 0.2) is 5.82 Å². The number of amides is 1. The molecule has 0 aromatic carbocycles. The Bertz CT molecular complexity index is 506. The van der Waals surface area contributed by atoms with Gasteiger partial charge < -0.3 is 5.32 Å². The van der Waals surface area contributed by atoms with Gasteiger partial charge in [-0.1, -0.05) is 0 Å². The van der Waals surface area contributed by atoms with Crippen molar-refractivity contribution in [3.05, 3.63) is 33.1 Å². The molecule has 4 nitrogen and oxygen atoms in total. The molecular formula is C10H10BrN3OS. The molecule has 84 valence electrons. The van der Waals surface area contributed by atoms with E-state index in [4.69, 9.17) is 0 Å². The van der Waals surface area contributed by atoms with Crippen molar-refractivity contribution in [2.24, 2.45) is 0 Å². The van der Waals surface area contributed by atoms with Crippen molar-refractivity contribution in [1.29, 1.82) is 0 Å². The van der Waals surface area contributed by atoms with Crippen LogP contribution in [0.15, 0.2) is 28.2 Å². The molecular weight excluding hydrogens is 290 g/mol. The summed E-state index contributed by atoms with van der Waals surface area (Å²) in [6, 6.07) is 5.41. The van der Waals surface area contributed by atoms with Crippen LogP contribution in [0.2, 0.25) is 0 Å². The van der Waals surface area contributed by atoms with Crippen LogP contribution in [0, 0.1) is 0 Å². The van der Waals surface area contributed by atoms with Gasteiger partial charge in [0.2, 0.25) is 0 Å². The normalized spacial score (nSPS) is 10.4. The average molecular weight is 300 g/mol. The van der Waals surface area contributed by atoms with Crippen molar-refractivity contribution in [2.45, 2.75) is 13.5 Å². The first-order valence-corrected chi connectivity index (χ1v) is 6.40. The summed E-state index contributed by atoms with van der Waals surface area (Å²) in [6.45, 7) is 2.79. The fourth-order valence-corrected chi connectivity index (χ4v) is 2.50. The first-order valence-electron chi connectivity index (χ1n) is 4.79. The van der Waals surface area contributed by atoms with E-state index in [1.807, 2.05) is 19.2 Å². The second-order valence-corrected chi connectivity index (χ2v) is 5.58. The summed E-state index contributed by atoms with van der Waals surface area (Å²) >= 11 is 4.72. The van der Waals surface area contributed by atoms with Gasteiger partial charge in [0.1, 0.15) is 0 Å². The Hall–Kier alpha value is -1.14. The van der Waals surface area contributed by atoms with Crippen molar-refractivity contribution in [1.82, 2.24) is 9.78 Å². The van der Waals surface area contributed by atoms with Gasteiger partial charge in [-0.2, -0.15) is 5.10 Å². The highest BCUT2D eigenvalue weighted by Crippen LogP contribution is 2.22. The Labute approximate surface area is 105 Å². The zero-order valence-corrected chi connectivity index (χ0v) is 11.0.